The van der Waals surface area contributed by atoms with Crippen LogP contribution in [-0.4, -0.2) is 33.7 Å². The molecule has 6 heteroatoms. The van der Waals surface area contributed by atoms with Crippen LogP contribution < -0.4 is 0 Å². The van der Waals surface area contributed by atoms with Crippen molar-refractivity contribution < 1.29 is 19.8 Å². The number of hydrogen-bond donors (Lipinski definition) is 2. The van der Waals surface area contributed by atoms with Gasteiger partial charge >= 0.3 is 11.9 Å². The fourth-order valence-corrected chi connectivity index (χ4v) is 3.91. The fraction of sp³-hybridized carbons (Fsp3) is 0.800. The number of carboxylic acids is 2. The Kier molecular flexibility index (Phi) is 7.66. The topological polar surface area (TPSA) is 74.6 Å². The lowest BCUT2D eigenvalue weighted by Gasteiger charge is -2.25. The summed E-state index contributed by atoms with van der Waals surface area (Å²) in [7, 11) is 2.88. The molecule has 0 amide bonds. The van der Waals surface area contributed by atoms with Gasteiger partial charge in [-0.2, -0.15) is 0 Å². The first-order chi connectivity index (χ1) is 7.48. The van der Waals surface area contributed by atoms with E-state index in [4.69, 9.17) is 10.2 Å². The molecule has 0 aliphatic rings. The maximum absolute atomic E-state index is 11.1. The van der Waals surface area contributed by atoms with Crippen molar-refractivity contribution in [1.82, 2.24) is 0 Å². The molecule has 94 valence electrons. The predicted octanol–water partition coefficient (Wildman–Crippen LogP) is 2.73. The van der Waals surface area contributed by atoms with Gasteiger partial charge in [0.2, 0.25) is 0 Å². The highest BCUT2D eigenvalue weighted by atomic mass is 33.1. The van der Waals surface area contributed by atoms with E-state index in [-0.39, 0.29) is 6.42 Å². The number of carboxylic acid groups (broad SMARTS) is 2. The van der Waals surface area contributed by atoms with Gasteiger partial charge in [-0.05, 0) is 12.8 Å². The average molecular weight is 266 g/mol. The van der Waals surface area contributed by atoms with Gasteiger partial charge in [0.15, 0.2) is 0 Å². The van der Waals surface area contributed by atoms with Crippen LogP contribution >= 0.6 is 21.6 Å². The Morgan fingerprint density at radius 1 is 1.12 bits per heavy atom. The number of aliphatic carboxylic acids is 2. The number of rotatable bonds is 9. The maximum Gasteiger partial charge on any atom is 0.310 e. The highest BCUT2D eigenvalue weighted by Crippen LogP contribution is 2.36. The summed E-state index contributed by atoms with van der Waals surface area (Å²) in [5.74, 6) is -0.532. The summed E-state index contributed by atoms with van der Waals surface area (Å²) in [5, 5.41) is 17.6. The van der Waals surface area contributed by atoms with Gasteiger partial charge in [-0.15, -0.1) is 0 Å². The molecule has 0 aliphatic carbocycles. The van der Waals surface area contributed by atoms with Gasteiger partial charge in [0.05, 0.1) is 11.8 Å². The van der Waals surface area contributed by atoms with Gasteiger partial charge < -0.3 is 10.2 Å². The Morgan fingerprint density at radius 2 is 1.69 bits per heavy atom. The lowest BCUT2D eigenvalue weighted by atomic mass is 9.85. The molecule has 0 aliphatic heterocycles. The fourth-order valence-electron chi connectivity index (χ4n) is 1.16. The van der Waals surface area contributed by atoms with Crippen molar-refractivity contribution in [3.63, 3.8) is 0 Å². The van der Waals surface area contributed by atoms with E-state index in [1.165, 1.54) is 21.6 Å². The summed E-state index contributed by atoms with van der Waals surface area (Å²) in [6.45, 7) is 3.75. The normalized spacial score (nSPS) is 11.4. The summed E-state index contributed by atoms with van der Waals surface area (Å²) in [6.07, 6.45) is 1.33. The highest BCUT2D eigenvalue weighted by Gasteiger charge is 2.34. The zero-order valence-electron chi connectivity index (χ0n) is 9.56. The summed E-state index contributed by atoms with van der Waals surface area (Å²) < 4.78 is 0. The minimum Gasteiger partial charge on any atom is -0.481 e. The van der Waals surface area contributed by atoms with E-state index in [0.29, 0.717) is 24.3 Å². The lowest BCUT2D eigenvalue weighted by molar-refractivity contribution is -0.148. The minimum atomic E-state index is -0.816. The van der Waals surface area contributed by atoms with E-state index in [9.17, 15) is 9.59 Å². The van der Waals surface area contributed by atoms with Crippen molar-refractivity contribution in [2.45, 2.75) is 33.1 Å². The maximum atomic E-state index is 11.1. The van der Waals surface area contributed by atoms with Crippen molar-refractivity contribution >= 4 is 33.5 Å². The monoisotopic (exact) mass is 266 g/mol. The minimum absolute atomic E-state index is 0.121. The van der Waals surface area contributed by atoms with Gasteiger partial charge in [0.25, 0.3) is 0 Å². The van der Waals surface area contributed by atoms with Gasteiger partial charge in [-0.25, -0.2) is 0 Å². The number of hydrogen-bond acceptors (Lipinski definition) is 4. The van der Waals surface area contributed by atoms with Crippen LogP contribution in [0.2, 0.25) is 0 Å². The number of carbonyl (C=O) groups is 2. The molecule has 0 saturated carbocycles. The van der Waals surface area contributed by atoms with Crippen LogP contribution in [0.5, 0.6) is 0 Å². The van der Waals surface area contributed by atoms with Crippen LogP contribution in [0.15, 0.2) is 0 Å². The third-order valence-corrected chi connectivity index (χ3v) is 5.19. The third kappa shape index (κ3) is 5.12. The van der Waals surface area contributed by atoms with E-state index in [1.54, 1.807) is 0 Å². The average Bonchev–Trinajstić information content (AvgIpc) is 2.23. The molecule has 0 rings (SSSR count). The smallest absolute Gasteiger partial charge is 0.310 e. The Hall–Kier alpha value is -0.360. The van der Waals surface area contributed by atoms with Crippen LogP contribution in [0.3, 0.4) is 0 Å². The van der Waals surface area contributed by atoms with E-state index < -0.39 is 17.4 Å². The molecule has 0 fully saturated rings. The van der Waals surface area contributed by atoms with Crippen molar-refractivity contribution in [3.8, 4) is 0 Å². The Morgan fingerprint density at radius 3 is 2.06 bits per heavy atom. The second-order valence-corrected chi connectivity index (χ2v) is 6.10. The van der Waals surface area contributed by atoms with Crippen molar-refractivity contribution in [2.75, 3.05) is 11.5 Å². The molecular formula is C10H18O4S2. The molecule has 16 heavy (non-hydrogen) atoms. The molecule has 4 nitrogen and oxygen atoms in total. The van der Waals surface area contributed by atoms with Crippen molar-refractivity contribution in [2.24, 2.45) is 5.41 Å². The highest BCUT2D eigenvalue weighted by molar-refractivity contribution is 8.76. The van der Waals surface area contributed by atoms with Crippen LogP contribution in [0.1, 0.15) is 33.1 Å². The Balaban J connectivity index is 3.95. The first-order valence-electron chi connectivity index (χ1n) is 5.18. The molecule has 0 unspecified atom stereocenters. The molecule has 2 N–H and O–H groups in total. The van der Waals surface area contributed by atoms with Crippen LogP contribution in [0.25, 0.3) is 0 Å². The molecule has 0 radical (unpaired) electrons. The Labute approximate surface area is 104 Å². The molecule has 0 aromatic rings. The van der Waals surface area contributed by atoms with Crippen LogP contribution in [0.4, 0.5) is 0 Å². The molecule has 0 aromatic heterocycles. The first kappa shape index (κ1) is 15.6. The molecule has 0 spiro atoms. The van der Waals surface area contributed by atoms with Gasteiger partial charge in [0.1, 0.15) is 0 Å². The summed E-state index contributed by atoms with van der Waals surface area (Å²) in [5.41, 5.74) is -0.666. The predicted molar refractivity (Wildman–Crippen MR) is 67.8 cm³/mol. The van der Waals surface area contributed by atoms with Crippen molar-refractivity contribution in [3.05, 3.63) is 0 Å². The molecule has 0 heterocycles. The second kappa shape index (κ2) is 7.84. The molecule has 0 bridgehead atoms. The van der Waals surface area contributed by atoms with Gasteiger partial charge in [-0.1, -0.05) is 35.4 Å². The second-order valence-electron chi connectivity index (χ2n) is 3.52. The summed E-state index contributed by atoms with van der Waals surface area (Å²) >= 11 is 0. The van der Waals surface area contributed by atoms with Gasteiger partial charge in [0, 0.05) is 11.5 Å². The molecule has 0 atom stereocenters. The standard InChI is InChI=1S/C10H18O4S2/c1-3-10(4-2,9(13)14)7-16-15-6-5-8(11)12/h3-7H2,1-2H3,(H,11,12)(H,13,14). The van der Waals surface area contributed by atoms with E-state index in [2.05, 4.69) is 0 Å². The summed E-state index contributed by atoms with van der Waals surface area (Å²) in [6, 6.07) is 0. The zero-order chi connectivity index (χ0) is 12.6. The quantitative estimate of drug-likeness (QED) is 0.494. The molecule has 0 aromatic carbocycles. The lowest BCUT2D eigenvalue weighted by Crippen LogP contribution is -2.32. The van der Waals surface area contributed by atoms with E-state index >= 15 is 0 Å². The van der Waals surface area contributed by atoms with Crippen molar-refractivity contribution in [1.29, 1.82) is 0 Å². The van der Waals surface area contributed by atoms with Gasteiger partial charge in [-0.3, -0.25) is 9.59 Å². The van der Waals surface area contributed by atoms with E-state index in [1.807, 2.05) is 13.8 Å². The molecular weight excluding hydrogens is 248 g/mol. The van der Waals surface area contributed by atoms with Crippen LogP contribution in [0, 0.1) is 5.41 Å². The largest absolute Gasteiger partial charge is 0.481 e. The third-order valence-electron chi connectivity index (χ3n) is 2.63. The van der Waals surface area contributed by atoms with E-state index in [0.717, 1.165) is 0 Å². The SMILES string of the molecule is CCC(CC)(CSSCCC(=O)O)C(=O)O. The Bertz CT molecular complexity index is 239. The zero-order valence-corrected chi connectivity index (χ0v) is 11.2. The summed E-state index contributed by atoms with van der Waals surface area (Å²) in [4.78, 5) is 21.4. The first-order valence-corrected chi connectivity index (χ1v) is 7.67. The molecule has 0 saturated heterocycles. The van der Waals surface area contributed by atoms with Crippen LogP contribution in [-0.2, 0) is 9.59 Å².